The van der Waals surface area contributed by atoms with Crippen LogP contribution < -0.4 is 5.32 Å². The van der Waals surface area contributed by atoms with Crippen molar-refractivity contribution in [2.45, 2.75) is 13.0 Å². The molecule has 1 aromatic carbocycles. The smallest absolute Gasteiger partial charge is 0.244 e. The van der Waals surface area contributed by atoms with Crippen LogP contribution in [-0.2, 0) is 11.8 Å². The molecule has 1 aromatic heterocycles. The van der Waals surface area contributed by atoms with Gasteiger partial charge < -0.3 is 9.88 Å². The molecule has 0 aliphatic carbocycles. The zero-order chi connectivity index (χ0) is 14.5. The topological polar surface area (TPSA) is 59.8 Å². The van der Waals surface area contributed by atoms with Crippen molar-refractivity contribution < 1.29 is 4.79 Å². The number of hydrogen-bond donors (Lipinski definition) is 1. The molecule has 5 nitrogen and oxygen atoms in total. The van der Waals surface area contributed by atoms with Gasteiger partial charge in [0, 0.05) is 17.6 Å². The van der Waals surface area contributed by atoms with Crippen LogP contribution in [0.5, 0.6) is 0 Å². The Morgan fingerprint density at radius 2 is 2.30 bits per heavy atom. The first-order valence-electron chi connectivity index (χ1n) is 6.14. The minimum absolute atomic E-state index is 0.166. The van der Waals surface area contributed by atoms with Gasteiger partial charge in [-0.15, -0.1) is 10.2 Å². The standard InChI is InChI=1S/C14H15BrN4O/c1-10(14-18-16-9-19(14)2)17-13(20)7-6-11-4-3-5-12(15)8-11/h3-10H,1-2H3,(H,17,20)/b7-6-/t10-/m0/s1. The van der Waals surface area contributed by atoms with Gasteiger partial charge in [0.15, 0.2) is 5.82 Å². The summed E-state index contributed by atoms with van der Waals surface area (Å²) in [6, 6.07) is 7.54. The van der Waals surface area contributed by atoms with Gasteiger partial charge in [-0.1, -0.05) is 28.1 Å². The van der Waals surface area contributed by atoms with Crippen molar-refractivity contribution in [3.8, 4) is 0 Å². The highest BCUT2D eigenvalue weighted by molar-refractivity contribution is 9.10. The first-order chi connectivity index (χ1) is 9.56. The predicted molar refractivity (Wildman–Crippen MR) is 80.7 cm³/mol. The summed E-state index contributed by atoms with van der Waals surface area (Å²) in [7, 11) is 1.84. The number of nitrogens with zero attached hydrogens (tertiary/aromatic N) is 3. The third-order valence-electron chi connectivity index (χ3n) is 2.77. The molecule has 1 amide bonds. The van der Waals surface area contributed by atoms with Crippen LogP contribution in [0.15, 0.2) is 41.1 Å². The number of amides is 1. The Hall–Kier alpha value is -1.95. The van der Waals surface area contributed by atoms with Gasteiger partial charge in [0.2, 0.25) is 5.91 Å². The second-order valence-electron chi connectivity index (χ2n) is 4.42. The van der Waals surface area contributed by atoms with Crippen LogP contribution in [0.4, 0.5) is 0 Å². The lowest BCUT2D eigenvalue weighted by molar-refractivity contribution is -0.117. The minimum Gasteiger partial charge on any atom is -0.343 e. The van der Waals surface area contributed by atoms with E-state index in [1.807, 2.05) is 38.2 Å². The SMILES string of the molecule is C[C@H](NC(=O)/C=C\c1cccc(Br)c1)c1nncn1C. The van der Waals surface area contributed by atoms with Gasteiger partial charge in [-0.2, -0.15) is 0 Å². The van der Waals surface area contributed by atoms with Crippen molar-refractivity contribution in [2.24, 2.45) is 7.05 Å². The minimum atomic E-state index is -0.192. The fourth-order valence-corrected chi connectivity index (χ4v) is 2.21. The molecule has 2 rings (SSSR count). The van der Waals surface area contributed by atoms with Gasteiger partial charge in [-0.3, -0.25) is 4.79 Å². The highest BCUT2D eigenvalue weighted by atomic mass is 79.9. The first-order valence-corrected chi connectivity index (χ1v) is 6.93. The van der Waals surface area contributed by atoms with Crippen molar-refractivity contribution >= 4 is 27.9 Å². The summed E-state index contributed by atoms with van der Waals surface area (Å²) in [5.74, 6) is 0.551. The molecule has 0 unspecified atom stereocenters. The zero-order valence-corrected chi connectivity index (χ0v) is 12.8. The Bertz CT molecular complexity index is 636. The van der Waals surface area contributed by atoms with E-state index in [1.165, 1.54) is 6.08 Å². The van der Waals surface area contributed by atoms with E-state index in [-0.39, 0.29) is 11.9 Å². The van der Waals surface area contributed by atoms with E-state index in [1.54, 1.807) is 17.0 Å². The van der Waals surface area contributed by atoms with Gasteiger partial charge in [0.05, 0.1) is 6.04 Å². The molecule has 104 valence electrons. The third-order valence-corrected chi connectivity index (χ3v) is 3.26. The molecule has 1 atom stereocenters. The lowest BCUT2D eigenvalue weighted by atomic mass is 10.2. The monoisotopic (exact) mass is 334 g/mol. The zero-order valence-electron chi connectivity index (χ0n) is 11.2. The summed E-state index contributed by atoms with van der Waals surface area (Å²) in [5, 5.41) is 10.6. The van der Waals surface area contributed by atoms with Crippen molar-refractivity contribution in [3.05, 3.63) is 52.5 Å². The average Bonchev–Trinajstić information content (AvgIpc) is 2.83. The van der Waals surface area contributed by atoms with Crippen LogP contribution in [0.1, 0.15) is 24.4 Å². The number of benzene rings is 1. The van der Waals surface area contributed by atoms with Crippen molar-refractivity contribution in [3.63, 3.8) is 0 Å². The summed E-state index contributed by atoms with van der Waals surface area (Å²) < 4.78 is 2.76. The lowest BCUT2D eigenvalue weighted by Gasteiger charge is -2.11. The van der Waals surface area contributed by atoms with Crippen LogP contribution in [0.3, 0.4) is 0 Å². The van der Waals surface area contributed by atoms with Crippen LogP contribution in [0, 0.1) is 0 Å². The fourth-order valence-electron chi connectivity index (χ4n) is 1.79. The summed E-state index contributed by atoms with van der Waals surface area (Å²) in [6.45, 7) is 1.87. The Kier molecular flexibility index (Phi) is 4.68. The number of carbonyl (C=O) groups is 1. The maximum atomic E-state index is 11.9. The molecule has 0 saturated carbocycles. The highest BCUT2D eigenvalue weighted by Crippen LogP contribution is 2.13. The number of hydrogen-bond acceptors (Lipinski definition) is 3. The van der Waals surface area contributed by atoms with Crippen LogP contribution >= 0.6 is 15.9 Å². The van der Waals surface area contributed by atoms with Crippen molar-refractivity contribution in [1.82, 2.24) is 20.1 Å². The van der Waals surface area contributed by atoms with E-state index in [9.17, 15) is 4.79 Å². The number of carbonyl (C=O) groups excluding carboxylic acids is 1. The Morgan fingerprint density at radius 1 is 1.50 bits per heavy atom. The van der Waals surface area contributed by atoms with Crippen LogP contribution in [0.2, 0.25) is 0 Å². The number of aromatic nitrogens is 3. The molecule has 1 heterocycles. The molecule has 0 radical (unpaired) electrons. The fraction of sp³-hybridized carbons (Fsp3) is 0.214. The maximum Gasteiger partial charge on any atom is 0.244 e. The molecule has 0 saturated heterocycles. The van der Waals surface area contributed by atoms with E-state index in [4.69, 9.17) is 0 Å². The number of aryl methyl sites for hydroxylation is 1. The summed E-state index contributed by atoms with van der Waals surface area (Å²) in [6.07, 6.45) is 4.88. The van der Waals surface area contributed by atoms with Gasteiger partial charge in [0.1, 0.15) is 6.33 Å². The van der Waals surface area contributed by atoms with Crippen molar-refractivity contribution in [2.75, 3.05) is 0 Å². The predicted octanol–water partition coefficient (Wildman–Crippen LogP) is 2.47. The molecule has 0 bridgehead atoms. The maximum absolute atomic E-state index is 11.9. The molecule has 0 aliphatic rings. The van der Waals surface area contributed by atoms with E-state index >= 15 is 0 Å². The summed E-state index contributed by atoms with van der Waals surface area (Å²) >= 11 is 3.39. The Balaban J connectivity index is 1.97. The molecular weight excluding hydrogens is 320 g/mol. The molecule has 6 heteroatoms. The van der Waals surface area contributed by atoms with Gasteiger partial charge >= 0.3 is 0 Å². The third kappa shape index (κ3) is 3.77. The van der Waals surface area contributed by atoms with E-state index in [0.29, 0.717) is 5.82 Å². The Morgan fingerprint density at radius 3 is 2.95 bits per heavy atom. The largest absolute Gasteiger partial charge is 0.343 e. The number of rotatable bonds is 4. The van der Waals surface area contributed by atoms with Gasteiger partial charge in [-0.25, -0.2) is 0 Å². The molecular formula is C14H15BrN4O. The Labute approximate surface area is 125 Å². The van der Waals surface area contributed by atoms with Crippen LogP contribution in [0.25, 0.3) is 6.08 Å². The van der Waals surface area contributed by atoms with Gasteiger partial charge in [0.25, 0.3) is 0 Å². The summed E-state index contributed by atoms with van der Waals surface area (Å²) in [5.41, 5.74) is 0.959. The lowest BCUT2D eigenvalue weighted by Crippen LogP contribution is -2.26. The second kappa shape index (κ2) is 6.47. The van der Waals surface area contributed by atoms with E-state index < -0.39 is 0 Å². The molecule has 1 N–H and O–H groups in total. The summed E-state index contributed by atoms with van der Waals surface area (Å²) in [4.78, 5) is 11.9. The van der Waals surface area contributed by atoms with Gasteiger partial charge in [-0.05, 0) is 30.7 Å². The van der Waals surface area contributed by atoms with Crippen LogP contribution in [-0.4, -0.2) is 20.7 Å². The normalized spacial score (nSPS) is 12.6. The van der Waals surface area contributed by atoms with E-state index in [2.05, 4.69) is 31.4 Å². The van der Waals surface area contributed by atoms with E-state index in [0.717, 1.165) is 10.0 Å². The van der Waals surface area contributed by atoms with Crippen molar-refractivity contribution in [1.29, 1.82) is 0 Å². The highest BCUT2D eigenvalue weighted by Gasteiger charge is 2.12. The quantitative estimate of drug-likeness (QED) is 0.874. The molecule has 2 aromatic rings. The second-order valence-corrected chi connectivity index (χ2v) is 5.33. The number of nitrogens with one attached hydrogen (secondary N) is 1. The molecule has 20 heavy (non-hydrogen) atoms. The molecule has 0 aliphatic heterocycles. The molecule has 0 spiro atoms. The molecule has 0 fully saturated rings. The average molecular weight is 335 g/mol. The number of halogens is 1. The first kappa shape index (κ1) is 14.5.